The first-order valence-electron chi connectivity index (χ1n) is 11.2. The Labute approximate surface area is 191 Å². The Morgan fingerprint density at radius 3 is 2.64 bits per heavy atom. The molecular weight excluding hydrogens is 453 g/mol. The minimum absolute atomic E-state index is 0.109. The number of phenolic OH excluding ortho intramolecular Hbond substituents is 1. The summed E-state index contributed by atoms with van der Waals surface area (Å²) in [4.78, 5) is 1.95. The van der Waals surface area contributed by atoms with Gasteiger partial charge in [-0.05, 0) is 79.6 Å². The smallest absolute Gasteiger partial charge is 0.416 e. The molecule has 2 N–H and O–H groups in total. The van der Waals surface area contributed by atoms with Crippen LogP contribution < -0.4 is 4.72 Å². The van der Waals surface area contributed by atoms with Crippen molar-refractivity contribution < 1.29 is 26.7 Å². The zero-order chi connectivity index (χ0) is 23.6. The number of benzene rings is 2. The lowest BCUT2D eigenvalue weighted by atomic mass is 9.62. The van der Waals surface area contributed by atoms with Crippen LogP contribution in [-0.2, 0) is 28.0 Å². The molecule has 2 fully saturated rings. The molecule has 2 bridgehead atoms. The molecule has 2 aromatic carbocycles. The zero-order valence-electron chi connectivity index (χ0n) is 18.3. The molecule has 5 nitrogen and oxygen atoms in total. The summed E-state index contributed by atoms with van der Waals surface area (Å²) in [6.45, 7) is 3.70. The lowest BCUT2D eigenvalue weighted by Crippen LogP contribution is -2.67. The Hall–Kier alpha value is -2.10. The van der Waals surface area contributed by atoms with Crippen LogP contribution in [0.4, 0.5) is 13.2 Å². The number of nitrogens with zero attached hydrogens (tertiary/aromatic N) is 1. The van der Waals surface area contributed by atoms with E-state index in [1.807, 2.05) is 13.0 Å². The Morgan fingerprint density at radius 1 is 1.18 bits per heavy atom. The van der Waals surface area contributed by atoms with Crippen molar-refractivity contribution in [2.75, 3.05) is 13.1 Å². The van der Waals surface area contributed by atoms with E-state index in [0.717, 1.165) is 36.3 Å². The van der Waals surface area contributed by atoms with Crippen molar-refractivity contribution in [1.82, 2.24) is 9.62 Å². The van der Waals surface area contributed by atoms with Crippen molar-refractivity contribution >= 4 is 10.0 Å². The standard InChI is InChI=1S/C24H27F3N2O3S/c1-23-9-10-29(14-15-5-6-15)21(11-16-7-8-18(30)13-20(16)23)22(23)28-33(31,32)19-4-2-3-17(12-19)24(25,26)27/h2-4,7-8,12-13,15,21-22,28,30H,5-6,9-11,14H2,1H3/t21-,22+,23-/m1/s1. The van der Waals surface area contributed by atoms with E-state index < -0.39 is 38.1 Å². The van der Waals surface area contributed by atoms with E-state index in [1.54, 1.807) is 12.1 Å². The fourth-order valence-electron chi connectivity index (χ4n) is 5.52. The Morgan fingerprint density at radius 2 is 1.94 bits per heavy atom. The van der Waals surface area contributed by atoms with Crippen LogP contribution in [0.15, 0.2) is 47.4 Å². The van der Waals surface area contributed by atoms with Gasteiger partial charge >= 0.3 is 6.18 Å². The molecule has 0 radical (unpaired) electrons. The molecule has 1 saturated carbocycles. The monoisotopic (exact) mass is 480 g/mol. The van der Waals surface area contributed by atoms with Gasteiger partial charge in [0, 0.05) is 24.0 Å². The quantitative estimate of drug-likeness (QED) is 0.678. The average molecular weight is 481 g/mol. The summed E-state index contributed by atoms with van der Waals surface area (Å²) < 4.78 is 69.1. The number of fused-ring (bicyclic) bond motifs is 4. The van der Waals surface area contributed by atoms with E-state index in [1.165, 1.54) is 18.9 Å². The summed E-state index contributed by atoms with van der Waals surface area (Å²) in [5, 5.41) is 10.1. The molecule has 5 rings (SSSR count). The first-order chi connectivity index (χ1) is 15.5. The molecule has 0 aromatic heterocycles. The summed E-state index contributed by atoms with van der Waals surface area (Å²) in [5.41, 5.74) is 0.397. The Balaban J connectivity index is 1.54. The first kappa shape index (κ1) is 22.7. The second kappa shape index (κ2) is 7.71. The van der Waals surface area contributed by atoms with Gasteiger partial charge in [0.15, 0.2) is 0 Å². The van der Waals surface area contributed by atoms with Crippen LogP contribution in [0.1, 0.15) is 42.9 Å². The predicted octanol–water partition coefficient (Wildman–Crippen LogP) is 4.06. The number of likely N-dealkylation sites (tertiary alicyclic amines) is 1. The number of alkyl halides is 3. The summed E-state index contributed by atoms with van der Waals surface area (Å²) in [5.74, 6) is 0.740. The maximum Gasteiger partial charge on any atom is 0.416 e. The number of sulfonamides is 1. The number of halogens is 3. The number of rotatable bonds is 5. The number of piperidine rings is 1. The highest BCUT2D eigenvalue weighted by atomic mass is 32.2. The largest absolute Gasteiger partial charge is 0.508 e. The molecule has 3 atom stereocenters. The summed E-state index contributed by atoms with van der Waals surface area (Å²) in [7, 11) is -4.21. The van der Waals surface area contributed by atoms with Crippen molar-refractivity contribution in [3.8, 4) is 5.75 Å². The van der Waals surface area contributed by atoms with E-state index in [9.17, 15) is 26.7 Å². The van der Waals surface area contributed by atoms with Crippen molar-refractivity contribution in [2.24, 2.45) is 5.92 Å². The molecule has 0 unspecified atom stereocenters. The maximum absolute atomic E-state index is 13.3. The van der Waals surface area contributed by atoms with Crippen molar-refractivity contribution in [3.05, 3.63) is 59.2 Å². The minimum Gasteiger partial charge on any atom is -0.508 e. The Kier molecular flexibility index (Phi) is 5.30. The SMILES string of the molecule is C[C@@]12CCN(CC3CC3)[C@H](Cc3ccc(O)cc31)[C@@H]2NS(=O)(=O)c1cccc(C(F)(F)F)c1. The fourth-order valence-corrected chi connectivity index (χ4v) is 6.95. The molecule has 1 heterocycles. The van der Waals surface area contributed by atoms with Crippen molar-refractivity contribution in [2.45, 2.75) is 61.2 Å². The van der Waals surface area contributed by atoms with Crippen LogP contribution in [0.25, 0.3) is 0 Å². The topological polar surface area (TPSA) is 69.6 Å². The molecule has 2 aromatic rings. The van der Waals surface area contributed by atoms with Gasteiger partial charge in [0.2, 0.25) is 10.0 Å². The maximum atomic E-state index is 13.3. The van der Waals surface area contributed by atoms with E-state index in [2.05, 4.69) is 9.62 Å². The second-order valence-electron chi connectivity index (χ2n) is 9.84. The van der Waals surface area contributed by atoms with Gasteiger partial charge in [-0.2, -0.15) is 13.2 Å². The van der Waals surface area contributed by atoms with Crippen molar-refractivity contribution in [3.63, 3.8) is 0 Å². The number of hydrogen-bond acceptors (Lipinski definition) is 4. The van der Waals surface area contributed by atoms with Gasteiger partial charge in [0.1, 0.15) is 5.75 Å². The fraction of sp³-hybridized carbons (Fsp3) is 0.500. The van der Waals surface area contributed by atoms with Crippen LogP contribution in [0, 0.1) is 5.92 Å². The summed E-state index contributed by atoms with van der Waals surface area (Å²) in [6.07, 6.45) is -0.982. The van der Waals surface area contributed by atoms with Gasteiger partial charge in [-0.1, -0.05) is 19.1 Å². The lowest BCUT2D eigenvalue weighted by Gasteiger charge is -2.55. The van der Waals surface area contributed by atoms with E-state index in [-0.39, 0.29) is 11.8 Å². The average Bonchev–Trinajstić information content (AvgIpc) is 3.56. The number of hydrogen-bond donors (Lipinski definition) is 2. The number of phenols is 1. The van der Waals surface area contributed by atoms with E-state index in [4.69, 9.17) is 0 Å². The highest BCUT2D eigenvalue weighted by Crippen LogP contribution is 2.47. The molecule has 3 aliphatic rings. The number of nitrogens with one attached hydrogen (secondary N) is 1. The number of aromatic hydroxyl groups is 1. The Bertz CT molecular complexity index is 1180. The zero-order valence-corrected chi connectivity index (χ0v) is 19.1. The van der Waals surface area contributed by atoms with Gasteiger partial charge in [-0.25, -0.2) is 13.1 Å². The summed E-state index contributed by atoms with van der Waals surface area (Å²) in [6, 6.07) is 8.48. The normalized spacial score (nSPS) is 27.9. The molecule has 1 aliphatic heterocycles. The first-order valence-corrected chi connectivity index (χ1v) is 12.7. The molecule has 9 heteroatoms. The molecule has 0 spiro atoms. The van der Waals surface area contributed by atoms with Crippen LogP contribution in [-0.4, -0.2) is 43.6 Å². The van der Waals surface area contributed by atoms with Crippen LogP contribution >= 0.6 is 0 Å². The summed E-state index contributed by atoms with van der Waals surface area (Å²) >= 11 is 0. The van der Waals surface area contributed by atoms with Crippen LogP contribution in [0.5, 0.6) is 5.75 Å². The lowest BCUT2D eigenvalue weighted by molar-refractivity contribution is -0.137. The third kappa shape index (κ3) is 4.15. The van der Waals surface area contributed by atoms with E-state index in [0.29, 0.717) is 24.8 Å². The molecule has 0 amide bonds. The third-order valence-electron chi connectivity index (χ3n) is 7.54. The minimum atomic E-state index is -4.63. The third-order valence-corrected chi connectivity index (χ3v) is 8.98. The molecular formula is C24H27F3N2O3S. The second-order valence-corrected chi connectivity index (χ2v) is 11.6. The molecule has 178 valence electrons. The molecule has 33 heavy (non-hydrogen) atoms. The van der Waals surface area contributed by atoms with E-state index >= 15 is 0 Å². The van der Waals surface area contributed by atoms with Gasteiger partial charge in [0.25, 0.3) is 0 Å². The van der Waals surface area contributed by atoms with Gasteiger partial charge < -0.3 is 5.11 Å². The van der Waals surface area contributed by atoms with Gasteiger partial charge in [-0.3, -0.25) is 4.90 Å². The molecule has 1 saturated heterocycles. The van der Waals surface area contributed by atoms with Gasteiger partial charge in [0.05, 0.1) is 10.5 Å². The van der Waals surface area contributed by atoms with Crippen LogP contribution in [0.2, 0.25) is 0 Å². The highest BCUT2D eigenvalue weighted by Gasteiger charge is 2.52. The van der Waals surface area contributed by atoms with Crippen molar-refractivity contribution in [1.29, 1.82) is 0 Å². The molecule has 2 aliphatic carbocycles. The van der Waals surface area contributed by atoms with Gasteiger partial charge in [-0.15, -0.1) is 0 Å². The van der Waals surface area contributed by atoms with Crippen LogP contribution in [0.3, 0.4) is 0 Å². The highest BCUT2D eigenvalue weighted by molar-refractivity contribution is 7.89. The predicted molar refractivity (Wildman–Crippen MR) is 117 cm³/mol.